The molecule has 0 aliphatic rings. The molecule has 5 nitrogen and oxygen atoms in total. The molecule has 0 aliphatic carbocycles. The van der Waals surface area contributed by atoms with Gasteiger partial charge in [0.1, 0.15) is 5.69 Å². The third-order valence-corrected chi connectivity index (χ3v) is 2.76. The first-order valence-corrected chi connectivity index (χ1v) is 6.16. The molecular weight excluding hydrogens is 230 g/mol. The summed E-state index contributed by atoms with van der Waals surface area (Å²) >= 11 is 0. The lowest BCUT2D eigenvalue weighted by molar-refractivity contribution is -0.116. The summed E-state index contributed by atoms with van der Waals surface area (Å²) in [7, 11) is 1.53. The second kappa shape index (κ2) is 7.66. The fourth-order valence-electron chi connectivity index (χ4n) is 1.67. The molecule has 1 heterocycles. The number of ether oxygens (including phenoxy) is 1. The van der Waals surface area contributed by atoms with Crippen molar-refractivity contribution in [3.63, 3.8) is 0 Å². The highest BCUT2D eigenvalue weighted by molar-refractivity contribution is 5.91. The number of nitrogens with zero attached hydrogens (tertiary/aromatic N) is 1. The normalized spacial score (nSPS) is 11.9. The third kappa shape index (κ3) is 4.71. The Bertz CT molecular complexity index is 382. The van der Waals surface area contributed by atoms with Crippen LogP contribution in [-0.2, 0) is 4.79 Å². The van der Waals surface area contributed by atoms with Crippen molar-refractivity contribution in [3.8, 4) is 5.88 Å². The van der Waals surface area contributed by atoms with Crippen molar-refractivity contribution in [1.29, 1.82) is 0 Å². The van der Waals surface area contributed by atoms with Gasteiger partial charge in [-0.3, -0.25) is 4.79 Å². The maximum Gasteiger partial charge on any atom is 0.237 e. The number of rotatable bonds is 7. The van der Waals surface area contributed by atoms with E-state index < -0.39 is 0 Å². The van der Waals surface area contributed by atoms with Gasteiger partial charge in [-0.2, -0.15) is 0 Å². The van der Waals surface area contributed by atoms with Gasteiger partial charge in [-0.1, -0.05) is 6.92 Å². The maximum atomic E-state index is 11.8. The van der Waals surface area contributed by atoms with Crippen LogP contribution in [-0.4, -0.2) is 24.5 Å². The maximum absolute atomic E-state index is 11.8. The van der Waals surface area contributed by atoms with E-state index in [0.29, 0.717) is 30.5 Å². The highest BCUT2D eigenvalue weighted by Crippen LogP contribution is 2.20. The predicted molar refractivity (Wildman–Crippen MR) is 71.5 cm³/mol. The monoisotopic (exact) mass is 251 g/mol. The number of pyridine rings is 1. The van der Waals surface area contributed by atoms with Crippen LogP contribution >= 0.6 is 0 Å². The quantitative estimate of drug-likeness (QED) is 0.774. The number of amides is 1. The van der Waals surface area contributed by atoms with Gasteiger partial charge >= 0.3 is 0 Å². The van der Waals surface area contributed by atoms with Crippen molar-refractivity contribution >= 4 is 11.6 Å². The topological polar surface area (TPSA) is 77.2 Å². The number of hydrogen-bond donors (Lipinski definition) is 2. The number of aromatic nitrogens is 1. The zero-order chi connectivity index (χ0) is 13.4. The summed E-state index contributed by atoms with van der Waals surface area (Å²) in [4.78, 5) is 15.8. The predicted octanol–water partition coefficient (Wildman–Crippen LogP) is 1.79. The molecule has 1 amide bonds. The zero-order valence-electron chi connectivity index (χ0n) is 11.0. The minimum atomic E-state index is -0.0230. The van der Waals surface area contributed by atoms with Gasteiger partial charge in [-0.05, 0) is 37.4 Å². The molecule has 0 spiro atoms. The molecule has 1 atom stereocenters. The van der Waals surface area contributed by atoms with Crippen LogP contribution in [0.1, 0.15) is 26.2 Å². The Morgan fingerprint density at radius 3 is 3.00 bits per heavy atom. The van der Waals surface area contributed by atoms with E-state index in [1.807, 2.05) is 0 Å². The summed E-state index contributed by atoms with van der Waals surface area (Å²) in [5.41, 5.74) is 6.08. The summed E-state index contributed by atoms with van der Waals surface area (Å²) in [6, 6.07) is 3.53. The van der Waals surface area contributed by atoms with Gasteiger partial charge in [0, 0.05) is 12.6 Å². The number of hydrogen-bond acceptors (Lipinski definition) is 4. The largest absolute Gasteiger partial charge is 0.480 e. The summed E-state index contributed by atoms with van der Waals surface area (Å²) in [5, 5.41) is 2.80. The van der Waals surface area contributed by atoms with Crippen molar-refractivity contribution in [2.45, 2.75) is 26.2 Å². The van der Waals surface area contributed by atoms with Crippen molar-refractivity contribution in [1.82, 2.24) is 4.98 Å². The van der Waals surface area contributed by atoms with E-state index in [9.17, 15) is 4.79 Å². The molecule has 3 N–H and O–H groups in total. The highest BCUT2D eigenvalue weighted by Gasteiger charge is 2.09. The van der Waals surface area contributed by atoms with Crippen molar-refractivity contribution in [2.75, 3.05) is 19.0 Å². The fourth-order valence-corrected chi connectivity index (χ4v) is 1.67. The van der Waals surface area contributed by atoms with Crippen LogP contribution in [0.2, 0.25) is 0 Å². The molecule has 0 bridgehead atoms. The molecule has 1 rings (SSSR count). The van der Waals surface area contributed by atoms with Crippen LogP contribution < -0.4 is 15.8 Å². The Kier molecular flexibility index (Phi) is 6.14. The van der Waals surface area contributed by atoms with Crippen LogP contribution in [0.5, 0.6) is 5.88 Å². The molecule has 0 saturated carbocycles. The third-order valence-electron chi connectivity index (χ3n) is 2.76. The average Bonchev–Trinajstić information content (AvgIpc) is 2.37. The number of carbonyl (C=O) groups is 1. The number of methoxy groups -OCH3 is 1. The lowest BCUT2D eigenvalue weighted by atomic mass is 10.0. The van der Waals surface area contributed by atoms with Gasteiger partial charge in [0.05, 0.1) is 7.11 Å². The molecule has 0 saturated heterocycles. The Morgan fingerprint density at radius 1 is 1.56 bits per heavy atom. The lowest BCUT2D eigenvalue weighted by Gasteiger charge is -2.11. The molecule has 1 aromatic rings. The highest BCUT2D eigenvalue weighted by atomic mass is 16.5. The second-order valence-electron chi connectivity index (χ2n) is 4.33. The fraction of sp³-hybridized carbons (Fsp3) is 0.538. The van der Waals surface area contributed by atoms with E-state index in [0.717, 1.165) is 12.8 Å². The van der Waals surface area contributed by atoms with Crippen molar-refractivity contribution in [3.05, 3.63) is 18.3 Å². The van der Waals surface area contributed by atoms with Gasteiger partial charge < -0.3 is 15.8 Å². The van der Waals surface area contributed by atoms with E-state index in [-0.39, 0.29) is 5.91 Å². The van der Waals surface area contributed by atoms with Gasteiger partial charge in [0.2, 0.25) is 11.8 Å². The van der Waals surface area contributed by atoms with E-state index >= 15 is 0 Å². The molecule has 0 aliphatic heterocycles. The van der Waals surface area contributed by atoms with Crippen LogP contribution in [0, 0.1) is 5.92 Å². The number of anilines is 1. The molecular formula is C13H21N3O2. The zero-order valence-corrected chi connectivity index (χ0v) is 11.0. The summed E-state index contributed by atoms with van der Waals surface area (Å²) in [6.45, 7) is 2.77. The van der Waals surface area contributed by atoms with Crippen LogP contribution in [0.4, 0.5) is 5.69 Å². The van der Waals surface area contributed by atoms with Crippen LogP contribution in [0.3, 0.4) is 0 Å². The summed E-state index contributed by atoms with van der Waals surface area (Å²) in [6.07, 6.45) is 3.89. The molecule has 1 unspecified atom stereocenters. The molecule has 0 aromatic carbocycles. The van der Waals surface area contributed by atoms with E-state index in [2.05, 4.69) is 17.2 Å². The van der Waals surface area contributed by atoms with E-state index in [4.69, 9.17) is 10.5 Å². The summed E-state index contributed by atoms with van der Waals surface area (Å²) < 4.78 is 5.07. The number of carbonyl (C=O) groups excluding carboxylic acids is 1. The van der Waals surface area contributed by atoms with E-state index in [1.165, 1.54) is 7.11 Å². The molecule has 5 heteroatoms. The lowest BCUT2D eigenvalue weighted by Crippen LogP contribution is -2.14. The average molecular weight is 251 g/mol. The Balaban J connectivity index is 2.44. The SMILES string of the molecule is COc1ncccc1NC(=O)CCC(C)CCN. The molecule has 18 heavy (non-hydrogen) atoms. The first-order chi connectivity index (χ1) is 8.67. The van der Waals surface area contributed by atoms with Crippen LogP contribution in [0.25, 0.3) is 0 Å². The van der Waals surface area contributed by atoms with Crippen molar-refractivity contribution < 1.29 is 9.53 Å². The molecule has 0 radical (unpaired) electrons. The Morgan fingerprint density at radius 2 is 2.33 bits per heavy atom. The summed E-state index contributed by atoms with van der Waals surface area (Å²) in [5.74, 6) is 0.877. The van der Waals surface area contributed by atoms with Gasteiger partial charge in [0.15, 0.2) is 0 Å². The molecule has 0 fully saturated rings. The molecule has 100 valence electrons. The second-order valence-corrected chi connectivity index (χ2v) is 4.33. The number of nitrogens with two attached hydrogens (primary N) is 1. The number of nitrogens with one attached hydrogen (secondary N) is 1. The Hall–Kier alpha value is -1.62. The first kappa shape index (κ1) is 14.4. The molecule has 1 aromatic heterocycles. The van der Waals surface area contributed by atoms with Crippen LogP contribution in [0.15, 0.2) is 18.3 Å². The minimum absolute atomic E-state index is 0.0230. The van der Waals surface area contributed by atoms with Gasteiger partial charge in [-0.25, -0.2) is 4.98 Å². The smallest absolute Gasteiger partial charge is 0.237 e. The first-order valence-electron chi connectivity index (χ1n) is 6.16. The Labute approximate surface area is 108 Å². The van der Waals surface area contributed by atoms with Gasteiger partial charge in [0.25, 0.3) is 0 Å². The van der Waals surface area contributed by atoms with Gasteiger partial charge in [-0.15, -0.1) is 0 Å². The standard InChI is InChI=1S/C13H21N3O2/c1-10(7-8-14)5-6-12(17)16-11-4-3-9-15-13(11)18-2/h3-4,9-10H,5-8,14H2,1-2H3,(H,16,17). The van der Waals surface area contributed by atoms with Crippen molar-refractivity contribution in [2.24, 2.45) is 11.7 Å². The minimum Gasteiger partial charge on any atom is -0.480 e. The van der Waals surface area contributed by atoms with E-state index in [1.54, 1.807) is 18.3 Å².